The molecule has 0 aromatic heterocycles. The standard InChI is InChI=1S/C11H22N2O.ClH/c1-8(2)10-7-13(6-5-12-10)11(14)9(3)4;/h8-10,12H,5-7H2,1-4H3;1H/t10-;/m1./s1. The van der Waals surface area contributed by atoms with Crippen molar-refractivity contribution in [3.05, 3.63) is 0 Å². The van der Waals surface area contributed by atoms with E-state index in [2.05, 4.69) is 19.2 Å². The van der Waals surface area contributed by atoms with Gasteiger partial charge in [-0.15, -0.1) is 12.4 Å². The molecule has 0 radical (unpaired) electrons. The van der Waals surface area contributed by atoms with Gasteiger partial charge in [0.25, 0.3) is 0 Å². The van der Waals surface area contributed by atoms with Gasteiger partial charge >= 0.3 is 0 Å². The van der Waals surface area contributed by atoms with Crippen molar-refractivity contribution in [2.45, 2.75) is 33.7 Å². The minimum absolute atomic E-state index is 0. The Morgan fingerprint density at radius 2 is 1.93 bits per heavy atom. The van der Waals surface area contributed by atoms with Gasteiger partial charge in [0.2, 0.25) is 5.91 Å². The second kappa shape index (κ2) is 6.33. The maximum atomic E-state index is 11.8. The van der Waals surface area contributed by atoms with Crippen molar-refractivity contribution in [3.8, 4) is 0 Å². The van der Waals surface area contributed by atoms with Crippen LogP contribution in [0.15, 0.2) is 0 Å². The van der Waals surface area contributed by atoms with E-state index in [1.807, 2.05) is 18.7 Å². The lowest BCUT2D eigenvalue weighted by Crippen LogP contribution is -2.55. The molecular weight excluding hydrogens is 212 g/mol. The highest BCUT2D eigenvalue weighted by Crippen LogP contribution is 2.10. The molecule has 1 rings (SSSR count). The smallest absolute Gasteiger partial charge is 0.225 e. The number of amides is 1. The molecule has 1 fully saturated rings. The summed E-state index contributed by atoms with van der Waals surface area (Å²) in [5, 5.41) is 3.45. The Morgan fingerprint density at radius 1 is 1.33 bits per heavy atom. The zero-order chi connectivity index (χ0) is 10.7. The molecule has 15 heavy (non-hydrogen) atoms. The molecule has 1 amide bonds. The van der Waals surface area contributed by atoms with E-state index in [9.17, 15) is 4.79 Å². The van der Waals surface area contributed by atoms with E-state index in [0.29, 0.717) is 12.0 Å². The summed E-state index contributed by atoms with van der Waals surface area (Å²) in [5.74, 6) is 1.01. The number of rotatable bonds is 2. The monoisotopic (exact) mass is 234 g/mol. The lowest BCUT2D eigenvalue weighted by atomic mass is 10.0. The zero-order valence-corrected chi connectivity index (χ0v) is 10.9. The first-order valence-electron chi connectivity index (χ1n) is 5.54. The van der Waals surface area contributed by atoms with Gasteiger partial charge in [-0.2, -0.15) is 0 Å². The molecule has 0 aliphatic carbocycles. The van der Waals surface area contributed by atoms with Crippen LogP contribution in [0.25, 0.3) is 0 Å². The average Bonchev–Trinajstić information content (AvgIpc) is 2.16. The van der Waals surface area contributed by atoms with Crippen LogP contribution in [0.4, 0.5) is 0 Å². The number of piperazine rings is 1. The molecular formula is C11H23ClN2O. The van der Waals surface area contributed by atoms with Crippen LogP contribution in [0.5, 0.6) is 0 Å². The summed E-state index contributed by atoms with van der Waals surface area (Å²) in [7, 11) is 0. The highest BCUT2D eigenvalue weighted by atomic mass is 35.5. The van der Waals surface area contributed by atoms with E-state index in [1.165, 1.54) is 0 Å². The molecule has 1 heterocycles. The molecule has 1 atom stereocenters. The number of hydrogen-bond donors (Lipinski definition) is 1. The van der Waals surface area contributed by atoms with E-state index < -0.39 is 0 Å². The molecule has 0 saturated carbocycles. The van der Waals surface area contributed by atoms with Crippen LogP contribution in [0.2, 0.25) is 0 Å². The molecule has 1 saturated heterocycles. The van der Waals surface area contributed by atoms with Crippen LogP contribution in [-0.4, -0.2) is 36.5 Å². The van der Waals surface area contributed by atoms with Crippen molar-refractivity contribution in [1.82, 2.24) is 10.2 Å². The van der Waals surface area contributed by atoms with Gasteiger partial charge in [-0.05, 0) is 5.92 Å². The Kier molecular flexibility index (Phi) is 6.22. The van der Waals surface area contributed by atoms with Gasteiger partial charge < -0.3 is 10.2 Å². The number of nitrogens with one attached hydrogen (secondary N) is 1. The van der Waals surface area contributed by atoms with Gasteiger partial charge in [-0.1, -0.05) is 27.7 Å². The highest BCUT2D eigenvalue weighted by Gasteiger charge is 2.25. The molecule has 0 aromatic rings. The molecule has 3 nitrogen and oxygen atoms in total. The van der Waals surface area contributed by atoms with Gasteiger partial charge in [0, 0.05) is 31.6 Å². The minimum atomic E-state index is 0. The summed E-state index contributed by atoms with van der Waals surface area (Å²) in [6.45, 7) is 11.0. The third-order valence-electron chi connectivity index (χ3n) is 2.82. The van der Waals surface area contributed by atoms with Gasteiger partial charge in [-0.3, -0.25) is 4.79 Å². The summed E-state index contributed by atoms with van der Waals surface area (Å²) >= 11 is 0. The number of carbonyl (C=O) groups excluding carboxylic acids is 1. The SMILES string of the molecule is CC(C)C(=O)N1CCN[C@@H](C(C)C)C1.Cl. The van der Waals surface area contributed by atoms with Crippen molar-refractivity contribution in [3.63, 3.8) is 0 Å². The maximum Gasteiger partial charge on any atom is 0.225 e. The quantitative estimate of drug-likeness (QED) is 0.786. The fourth-order valence-corrected chi connectivity index (χ4v) is 1.79. The van der Waals surface area contributed by atoms with Gasteiger partial charge in [0.1, 0.15) is 0 Å². The summed E-state index contributed by atoms with van der Waals surface area (Å²) in [6, 6.07) is 0.464. The van der Waals surface area contributed by atoms with Gasteiger partial charge in [0.05, 0.1) is 0 Å². The van der Waals surface area contributed by atoms with Crippen LogP contribution >= 0.6 is 12.4 Å². The number of nitrogens with zero attached hydrogens (tertiary/aromatic N) is 1. The Morgan fingerprint density at radius 3 is 2.40 bits per heavy atom. The van der Waals surface area contributed by atoms with Gasteiger partial charge in [-0.25, -0.2) is 0 Å². The van der Waals surface area contributed by atoms with Crippen LogP contribution in [0.3, 0.4) is 0 Å². The summed E-state index contributed by atoms with van der Waals surface area (Å²) in [6.07, 6.45) is 0. The predicted molar refractivity (Wildman–Crippen MR) is 65.3 cm³/mol. The molecule has 0 bridgehead atoms. The Hall–Kier alpha value is -0.280. The average molecular weight is 235 g/mol. The Labute approximate surface area is 99.0 Å². The predicted octanol–water partition coefficient (Wildman–Crippen LogP) is 1.52. The second-order valence-electron chi connectivity index (χ2n) is 4.74. The summed E-state index contributed by atoms with van der Waals surface area (Å²) in [5.41, 5.74) is 0. The lowest BCUT2D eigenvalue weighted by molar-refractivity contribution is -0.135. The summed E-state index contributed by atoms with van der Waals surface area (Å²) < 4.78 is 0. The first-order valence-corrected chi connectivity index (χ1v) is 5.54. The fraction of sp³-hybridized carbons (Fsp3) is 0.909. The summed E-state index contributed by atoms with van der Waals surface area (Å²) in [4.78, 5) is 13.8. The zero-order valence-electron chi connectivity index (χ0n) is 10.1. The molecule has 90 valence electrons. The van der Waals surface area contributed by atoms with Crippen molar-refractivity contribution >= 4 is 18.3 Å². The van der Waals surface area contributed by atoms with Crippen LogP contribution < -0.4 is 5.32 Å². The normalized spacial score (nSPS) is 21.7. The van der Waals surface area contributed by atoms with E-state index in [1.54, 1.807) is 0 Å². The maximum absolute atomic E-state index is 11.8. The minimum Gasteiger partial charge on any atom is -0.340 e. The Balaban J connectivity index is 0.00000196. The topological polar surface area (TPSA) is 32.3 Å². The number of halogens is 1. The largest absolute Gasteiger partial charge is 0.340 e. The van der Waals surface area contributed by atoms with Crippen molar-refractivity contribution < 1.29 is 4.79 Å². The third kappa shape index (κ3) is 3.99. The van der Waals surface area contributed by atoms with Crippen LogP contribution in [0, 0.1) is 11.8 Å². The number of hydrogen-bond acceptors (Lipinski definition) is 2. The first-order chi connectivity index (χ1) is 6.52. The third-order valence-corrected chi connectivity index (χ3v) is 2.82. The van der Waals surface area contributed by atoms with E-state index in [-0.39, 0.29) is 24.2 Å². The molecule has 1 aliphatic rings. The molecule has 0 spiro atoms. The molecule has 0 unspecified atom stereocenters. The van der Waals surface area contributed by atoms with Crippen LogP contribution in [-0.2, 0) is 4.79 Å². The second-order valence-corrected chi connectivity index (χ2v) is 4.74. The molecule has 0 aromatic carbocycles. The molecule has 4 heteroatoms. The van der Waals surface area contributed by atoms with Crippen LogP contribution in [0.1, 0.15) is 27.7 Å². The van der Waals surface area contributed by atoms with Gasteiger partial charge in [0.15, 0.2) is 0 Å². The fourth-order valence-electron chi connectivity index (χ4n) is 1.79. The molecule has 1 aliphatic heterocycles. The Bertz CT molecular complexity index is 207. The van der Waals surface area contributed by atoms with E-state index in [4.69, 9.17) is 0 Å². The van der Waals surface area contributed by atoms with E-state index in [0.717, 1.165) is 19.6 Å². The highest BCUT2D eigenvalue weighted by molar-refractivity contribution is 5.85. The molecule has 1 N–H and O–H groups in total. The van der Waals surface area contributed by atoms with E-state index >= 15 is 0 Å². The van der Waals surface area contributed by atoms with Crippen molar-refractivity contribution in [2.75, 3.05) is 19.6 Å². The van der Waals surface area contributed by atoms with Crippen molar-refractivity contribution in [2.24, 2.45) is 11.8 Å². The van der Waals surface area contributed by atoms with Crippen molar-refractivity contribution in [1.29, 1.82) is 0 Å². The number of carbonyl (C=O) groups is 1. The lowest BCUT2D eigenvalue weighted by Gasteiger charge is -2.36. The first kappa shape index (κ1) is 14.7.